The van der Waals surface area contributed by atoms with Gasteiger partial charge in [0.1, 0.15) is 19.8 Å². The summed E-state index contributed by atoms with van der Waals surface area (Å²) in [5, 5.41) is 11.9. The fraction of sp³-hybridized carbons (Fsp3) is 0.353. The van der Waals surface area contributed by atoms with Crippen LogP contribution in [0, 0.1) is 6.92 Å². The van der Waals surface area contributed by atoms with Crippen molar-refractivity contribution >= 4 is 11.8 Å². The van der Waals surface area contributed by atoms with Crippen LogP contribution in [0.5, 0.6) is 11.5 Å². The monoisotopic (exact) mass is 345 g/mol. The second kappa shape index (κ2) is 7.25. The van der Waals surface area contributed by atoms with E-state index in [0.717, 1.165) is 17.1 Å². The quantitative estimate of drug-likeness (QED) is 0.807. The Bertz CT molecular complexity index is 847. The fourth-order valence-corrected chi connectivity index (χ4v) is 2.59. The Labute approximate surface area is 144 Å². The molecule has 2 aromatic rings. The summed E-state index contributed by atoms with van der Waals surface area (Å²) < 4.78 is 12.2. The van der Waals surface area contributed by atoms with Crippen molar-refractivity contribution in [1.29, 1.82) is 0 Å². The Kier molecular flexibility index (Phi) is 4.87. The number of aliphatic carboxylic acids is 1. The molecule has 1 aliphatic rings. The van der Waals surface area contributed by atoms with Crippen molar-refractivity contribution in [2.24, 2.45) is 0 Å². The van der Waals surface area contributed by atoms with Crippen LogP contribution in [0.15, 0.2) is 29.2 Å². The molecule has 0 bridgehead atoms. The van der Waals surface area contributed by atoms with Crippen LogP contribution in [0.2, 0.25) is 0 Å². The number of nitrogens with zero attached hydrogens (tertiary/aromatic N) is 2. The third-order valence-electron chi connectivity index (χ3n) is 3.86. The molecule has 8 nitrogen and oxygen atoms in total. The molecule has 0 saturated carbocycles. The highest BCUT2D eigenvalue weighted by molar-refractivity contribution is 5.66. The number of anilines is 1. The second-order valence-electron chi connectivity index (χ2n) is 5.69. The van der Waals surface area contributed by atoms with Crippen LogP contribution in [-0.2, 0) is 17.8 Å². The molecule has 3 rings (SSSR count). The van der Waals surface area contributed by atoms with Crippen molar-refractivity contribution in [1.82, 2.24) is 9.55 Å². The minimum absolute atomic E-state index is 0.143. The van der Waals surface area contributed by atoms with E-state index in [-0.39, 0.29) is 12.4 Å². The lowest BCUT2D eigenvalue weighted by atomic mass is 10.1. The Morgan fingerprint density at radius 1 is 1.32 bits per heavy atom. The van der Waals surface area contributed by atoms with E-state index in [2.05, 4.69) is 10.3 Å². The number of fused-ring (bicyclic) bond motifs is 1. The highest BCUT2D eigenvalue weighted by Gasteiger charge is 2.13. The fourth-order valence-electron chi connectivity index (χ4n) is 2.59. The summed E-state index contributed by atoms with van der Waals surface area (Å²) in [6, 6.07) is 5.73. The van der Waals surface area contributed by atoms with Gasteiger partial charge in [-0.2, -0.15) is 0 Å². The van der Waals surface area contributed by atoms with E-state index in [1.54, 1.807) is 6.92 Å². The molecule has 2 heterocycles. The van der Waals surface area contributed by atoms with E-state index in [9.17, 15) is 9.59 Å². The van der Waals surface area contributed by atoms with Crippen molar-refractivity contribution in [2.45, 2.75) is 19.9 Å². The number of ether oxygens (including phenoxy) is 2. The summed E-state index contributed by atoms with van der Waals surface area (Å²) in [7, 11) is 0. The highest BCUT2D eigenvalue weighted by Crippen LogP contribution is 2.30. The van der Waals surface area contributed by atoms with Crippen LogP contribution in [0.3, 0.4) is 0 Å². The Morgan fingerprint density at radius 2 is 2.08 bits per heavy atom. The van der Waals surface area contributed by atoms with Gasteiger partial charge in [-0.1, -0.05) is 6.07 Å². The van der Waals surface area contributed by atoms with Crippen molar-refractivity contribution in [3.8, 4) is 11.5 Å². The summed E-state index contributed by atoms with van der Waals surface area (Å²) in [6.07, 6.45) is 2.14. The molecule has 0 aliphatic carbocycles. The Hall–Kier alpha value is -3.03. The minimum Gasteiger partial charge on any atom is -0.486 e. The van der Waals surface area contributed by atoms with Crippen molar-refractivity contribution in [3.05, 3.63) is 46.0 Å². The maximum atomic E-state index is 12.3. The molecule has 1 aromatic heterocycles. The predicted octanol–water partition coefficient (Wildman–Crippen LogP) is 1.06. The predicted molar refractivity (Wildman–Crippen MR) is 90.5 cm³/mol. The largest absolute Gasteiger partial charge is 0.486 e. The molecule has 2 N–H and O–H groups in total. The number of aromatic nitrogens is 2. The number of aryl methyl sites for hydroxylation is 1. The van der Waals surface area contributed by atoms with Crippen LogP contribution in [-0.4, -0.2) is 40.4 Å². The summed E-state index contributed by atoms with van der Waals surface area (Å²) >= 11 is 0. The second-order valence-corrected chi connectivity index (χ2v) is 5.69. The third kappa shape index (κ3) is 3.90. The number of carboxylic acids is 1. The van der Waals surface area contributed by atoms with E-state index < -0.39 is 11.5 Å². The van der Waals surface area contributed by atoms with Gasteiger partial charge in [0.25, 0.3) is 5.56 Å². The molecule has 8 heteroatoms. The molecule has 0 radical (unpaired) electrons. The van der Waals surface area contributed by atoms with Gasteiger partial charge in [-0.3, -0.25) is 14.2 Å². The van der Waals surface area contributed by atoms with E-state index in [0.29, 0.717) is 31.9 Å². The number of carboxylic acid groups (broad SMARTS) is 1. The lowest BCUT2D eigenvalue weighted by Crippen LogP contribution is -2.29. The summed E-state index contributed by atoms with van der Waals surface area (Å²) in [5.74, 6) is 0.531. The zero-order valence-corrected chi connectivity index (χ0v) is 13.8. The highest BCUT2D eigenvalue weighted by atomic mass is 16.6. The summed E-state index contributed by atoms with van der Waals surface area (Å²) in [4.78, 5) is 27.2. The van der Waals surface area contributed by atoms with Crippen LogP contribution < -0.4 is 20.3 Å². The van der Waals surface area contributed by atoms with Crippen molar-refractivity contribution in [3.63, 3.8) is 0 Å². The van der Waals surface area contributed by atoms with Gasteiger partial charge in [-0.05, 0) is 31.0 Å². The van der Waals surface area contributed by atoms with E-state index in [1.807, 2.05) is 18.2 Å². The Balaban J connectivity index is 1.66. The van der Waals surface area contributed by atoms with Gasteiger partial charge in [0.05, 0.1) is 0 Å². The number of hydrogen-bond acceptors (Lipinski definition) is 6. The first kappa shape index (κ1) is 16.8. The molecule has 0 unspecified atom stereocenters. The Morgan fingerprint density at radius 3 is 2.84 bits per heavy atom. The lowest BCUT2D eigenvalue weighted by Gasteiger charge is -2.19. The molecule has 1 aromatic carbocycles. The third-order valence-corrected chi connectivity index (χ3v) is 3.86. The normalized spacial score (nSPS) is 12.7. The summed E-state index contributed by atoms with van der Waals surface area (Å²) in [5.41, 5.74) is 1.10. The van der Waals surface area contributed by atoms with Gasteiger partial charge in [-0.15, -0.1) is 0 Å². The van der Waals surface area contributed by atoms with Gasteiger partial charge in [0.2, 0.25) is 0 Å². The smallest absolute Gasteiger partial charge is 0.323 e. The molecule has 132 valence electrons. The first-order valence-corrected chi connectivity index (χ1v) is 7.95. The van der Waals surface area contributed by atoms with Gasteiger partial charge < -0.3 is 19.9 Å². The molecule has 0 amide bonds. The van der Waals surface area contributed by atoms with Crippen molar-refractivity contribution in [2.75, 3.05) is 25.1 Å². The van der Waals surface area contributed by atoms with Crippen LogP contribution in [0.25, 0.3) is 0 Å². The average molecular weight is 345 g/mol. The lowest BCUT2D eigenvalue weighted by molar-refractivity contribution is -0.137. The zero-order valence-electron chi connectivity index (χ0n) is 13.8. The van der Waals surface area contributed by atoms with Crippen LogP contribution in [0.4, 0.5) is 5.82 Å². The number of carbonyl (C=O) groups is 1. The number of nitrogens with one attached hydrogen (secondary N) is 1. The maximum Gasteiger partial charge on any atom is 0.323 e. The van der Waals surface area contributed by atoms with E-state index >= 15 is 0 Å². The van der Waals surface area contributed by atoms with E-state index in [1.165, 1.54) is 10.8 Å². The van der Waals surface area contributed by atoms with Crippen LogP contribution >= 0.6 is 0 Å². The SMILES string of the molecule is Cc1cnc(NCCc2ccc3c(c2)OCCO3)c(=O)n1CC(=O)O. The molecular formula is C17H19N3O5. The van der Waals surface area contributed by atoms with Gasteiger partial charge in [0, 0.05) is 18.4 Å². The van der Waals surface area contributed by atoms with E-state index in [4.69, 9.17) is 14.6 Å². The van der Waals surface area contributed by atoms with Gasteiger partial charge in [0.15, 0.2) is 17.3 Å². The molecule has 0 saturated heterocycles. The molecule has 25 heavy (non-hydrogen) atoms. The first-order valence-electron chi connectivity index (χ1n) is 7.95. The summed E-state index contributed by atoms with van der Waals surface area (Å²) in [6.45, 7) is 2.83. The number of rotatable bonds is 6. The van der Waals surface area contributed by atoms with Crippen LogP contribution in [0.1, 0.15) is 11.3 Å². The maximum absolute atomic E-state index is 12.3. The molecular weight excluding hydrogens is 326 g/mol. The molecule has 0 spiro atoms. The molecule has 0 fully saturated rings. The first-order chi connectivity index (χ1) is 12.0. The van der Waals surface area contributed by atoms with Gasteiger partial charge in [-0.25, -0.2) is 4.98 Å². The minimum atomic E-state index is -1.07. The average Bonchev–Trinajstić information content (AvgIpc) is 2.60. The standard InChI is InChI=1S/C17H19N3O5/c1-11-9-19-16(17(23)20(11)10-15(21)22)18-5-4-12-2-3-13-14(8-12)25-7-6-24-13/h2-3,8-9H,4-7,10H2,1H3,(H,18,19)(H,21,22). The number of benzene rings is 1. The zero-order chi connectivity index (χ0) is 17.8. The van der Waals surface area contributed by atoms with Crippen molar-refractivity contribution < 1.29 is 19.4 Å². The topological polar surface area (TPSA) is 103 Å². The number of hydrogen-bond donors (Lipinski definition) is 2. The molecule has 0 atom stereocenters. The molecule has 1 aliphatic heterocycles. The van der Waals surface area contributed by atoms with Gasteiger partial charge >= 0.3 is 5.97 Å².